The summed E-state index contributed by atoms with van der Waals surface area (Å²) in [7, 11) is -3.16. The van der Waals surface area contributed by atoms with Crippen molar-refractivity contribution in [2.24, 2.45) is 5.18 Å². The van der Waals surface area contributed by atoms with Crippen LogP contribution in [-0.4, -0.2) is 50.3 Å². The van der Waals surface area contributed by atoms with E-state index in [-0.39, 0.29) is 12.3 Å². The molecule has 0 amide bonds. The molecule has 0 unspecified atom stereocenters. The summed E-state index contributed by atoms with van der Waals surface area (Å²) in [4.78, 5) is 12.5. The SMILES string of the molecule is CS(=O)(=O)N1CCN(c2ccc(N=O)cc2CO)CC1. The summed E-state index contributed by atoms with van der Waals surface area (Å²) < 4.78 is 24.3. The molecule has 1 saturated heterocycles. The van der Waals surface area contributed by atoms with E-state index in [0.717, 1.165) is 5.69 Å². The summed E-state index contributed by atoms with van der Waals surface area (Å²) >= 11 is 0. The molecular weight excluding hydrogens is 282 g/mol. The second-order valence-corrected chi connectivity index (χ2v) is 6.69. The van der Waals surface area contributed by atoms with Gasteiger partial charge in [-0.15, -0.1) is 4.91 Å². The minimum Gasteiger partial charge on any atom is -0.392 e. The number of benzene rings is 1. The van der Waals surface area contributed by atoms with E-state index in [4.69, 9.17) is 0 Å². The zero-order valence-corrected chi connectivity index (χ0v) is 12.0. The van der Waals surface area contributed by atoms with Gasteiger partial charge in [0.2, 0.25) is 10.0 Å². The van der Waals surface area contributed by atoms with Gasteiger partial charge < -0.3 is 10.0 Å². The van der Waals surface area contributed by atoms with Crippen LogP contribution >= 0.6 is 0 Å². The number of sulfonamides is 1. The van der Waals surface area contributed by atoms with E-state index in [9.17, 15) is 18.4 Å². The molecule has 0 saturated carbocycles. The maximum absolute atomic E-state index is 11.5. The van der Waals surface area contributed by atoms with Gasteiger partial charge in [0.1, 0.15) is 5.69 Å². The van der Waals surface area contributed by atoms with Gasteiger partial charge in [-0.1, -0.05) is 0 Å². The van der Waals surface area contributed by atoms with E-state index < -0.39 is 10.0 Å². The first kappa shape index (κ1) is 14.9. The third kappa shape index (κ3) is 3.14. The minimum atomic E-state index is -3.16. The highest BCUT2D eigenvalue weighted by atomic mass is 32.2. The molecule has 7 nitrogen and oxygen atoms in total. The second-order valence-electron chi connectivity index (χ2n) is 4.71. The molecule has 0 spiro atoms. The molecule has 8 heteroatoms. The Labute approximate surface area is 117 Å². The van der Waals surface area contributed by atoms with E-state index in [0.29, 0.717) is 31.7 Å². The maximum Gasteiger partial charge on any atom is 0.211 e. The number of hydrogen-bond acceptors (Lipinski definition) is 6. The monoisotopic (exact) mass is 299 g/mol. The van der Waals surface area contributed by atoms with E-state index in [1.54, 1.807) is 18.2 Å². The van der Waals surface area contributed by atoms with Crippen molar-refractivity contribution in [2.75, 3.05) is 37.3 Å². The third-order valence-corrected chi connectivity index (χ3v) is 4.69. The van der Waals surface area contributed by atoms with Gasteiger partial charge in [0.05, 0.1) is 12.9 Å². The normalized spacial score (nSPS) is 17.2. The summed E-state index contributed by atoms with van der Waals surface area (Å²) in [6.45, 7) is 1.74. The van der Waals surface area contributed by atoms with Crippen LogP contribution in [0.15, 0.2) is 23.4 Å². The Hall–Kier alpha value is -1.51. The van der Waals surface area contributed by atoms with Crippen molar-refractivity contribution < 1.29 is 13.5 Å². The van der Waals surface area contributed by atoms with Crippen molar-refractivity contribution in [1.82, 2.24) is 4.31 Å². The first-order valence-corrected chi connectivity index (χ1v) is 8.07. The maximum atomic E-state index is 11.5. The average Bonchev–Trinajstić information content (AvgIpc) is 2.45. The van der Waals surface area contributed by atoms with E-state index >= 15 is 0 Å². The summed E-state index contributed by atoms with van der Waals surface area (Å²) in [5.74, 6) is 0. The molecule has 1 fully saturated rings. The highest BCUT2D eigenvalue weighted by molar-refractivity contribution is 7.88. The molecule has 1 aliphatic rings. The lowest BCUT2D eigenvalue weighted by Gasteiger charge is -2.35. The van der Waals surface area contributed by atoms with Gasteiger partial charge in [-0.2, -0.15) is 4.31 Å². The predicted molar refractivity (Wildman–Crippen MR) is 76.4 cm³/mol. The van der Waals surface area contributed by atoms with Crippen molar-refractivity contribution in [3.05, 3.63) is 28.7 Å². The van der Waals surface area contributed by atoms with Gasteiger partial charge in [-0.3, -0.25) is 0 Å². The average molecular weight is 299 g/mol. The number of piperazine rings is 1. The summed E-state index contributed by atoms with van der Waals surface area (Å²) in [6, 6.07) is 4.87. The standard InChI is InChI=1S/C12H17N3O4S/c1-20(18,19)15-6-4-14(5-7-15)12-3-2-11(13-17)8-10(12)9-16/h2-3,8,16H,4-7,9H2,1H3. The molecule has 1 aromatic rings. The van der Waals surface area contributed by atoms with Crippen molar-refractivity contribution in [3.8, 4) is 0 Å². The Balaban J connectivity index is 2.16. The second kappa shape index (κ2) is 5.86. The van der Waals surface area contributed by atoms with Gasteiger partial charge >= 0.3 is 0 Å². The first-order valence-electron chi connectivity index (χ1n) is 6.23. The lowest BCUT2D eigenvalue weighted by molar-refractivity contribution is 0.281. The van der Waals surface area contributed by atoms with Crippen LogP contribution in [0.25, 0.3) is 0 Å². The molecule has 0 aliphatic carbocycles. The molecule has 0 bridgehead atoms. The lowest BCUT2D eigenvalue weighted by atomic mass is 10.1. The topological polar surface area (TPSA) is 90.3 Å². The largest absolute Gasteiger partial charge is 0.392 e. The Bertz CT molecular complexity index is 595. The Kier molecular flexibility index (Phi) is 4.36. The number of aliphatic hydroxyl groups excluding tert-OH is 1. The smallest absolute Gasteiger partial charge is 0.211 e. The quantitative estimate of drug-likeness (QED) is 0.825. The molecular formula is C12H17N3O4S. The summed E-state index contributed by atoms with van der Waals surface area (Å²) in [5, 5.41) is 12.2. The number of nitroso groups, excluding NO2 is 1. The van der Waals surface area contributed by atoms with Crippen LogP contribution < -0.4 is 4.90 Å². The Morgan fingerprint density at radius 1 is 1.25 bits per heavy atom. The number of hydrogen-bond donors (Lipinski definition) is 1. The summed E-state index contributed by atoms with van der Waals surface area (Å²) in [6.07, 6.45) is 1.20. The third-order valence-electron chi connectivity index (χ3n) is 3.39. The van der Waals surface area contributed by atoms with Gasteiger partial charge in [0.25, 0.3) is 0 Å². The van der Waals surface area contributed by atoms with Crippen LogP contribution in [0.2, 0.25) is 0 Å². The highest BCUT2D eigenvalue weighted by Crippen LogP contribution is 2.27. The van der Waals surface area contributed by atoms with E-state index in [1.165, 1.54) is 10.6 Å². The molecule has 1 heterocycles. The van der Waals surface area contributed by atoms with Crippen LogP contribution in [0.5, 0.6) is 0 Å². The van der Waals surface area contributed by atoms with Gasteiger partial charge in [0, 0.05) is 37.4 Å². The number of rotatable bonds is 4. The van der Waals surface area contributed by atoms with Crippen molar-refractivity contribution in [2.45, 2.75) is 6.61 Å². The molecule has 2 rings (SSSR count). The molecule has 0 radical (unpaired) electrons. The molecule has 0 aromatic heterocycles. The Morgan fingerprint density at radius 2 is 1.90 bits per heavy atom. The van der Waals surface area contributed by atoms with Crippen LogP contribution in [0.4, 0.5) is 11.4 Å². The van der Waals surface area contributed by atoms with Crippen molar-refractivity contribution in [1.29, 1.82) is 0 Å². The summed E-state index contributed by atoms with van der Waals surface area (Å²) in [5.41, 5.74) is 1.70. The fourth-order valence-electron chi connectivity index (χ4n) is 2.32. The minimum absolute atomic E-state index is 0.189. The first-order chi connectivity index (χ1) is 9.45. The Morgan fingerprint density at radius 3 is 2.40 bits per heavy atom. The van der Waals surface area contributed by atoms with Gasteiger partial charge in [-0.25, -0.2) is 8.42 Å². The molecule has 20 heavy (non-hydrogen) atoms. The molecule has 110 valence electrons. The molecule has 1 aromatic carbocycles. The lowest BCUT2D eigenvalue weighted by Crippen LogP contribution is -2.48. The number of aliphatic hydroxyl groups is 1. The van der Waals surface area contributed by atoms with Gasteiger partial charge in [0.15, 0.2) is 0 Å². The van der Waals surface area contributed by atoms with E-state index in [2.05, 4.69) is 5.18 Å². The fraction of sp³-hybridized carbons (Fsp3) is 0.500. The molecule has 1 N–H and O–H groups in total. The number of nitrogens with zero attached hydrogens (tertiary/aromatic N) is 3. The van der Waals surface area contributed by atoms with Crippen molar-refractivity contribution >= 4 is 21.4 Å². The van der Waals surface area contributed by atoms with Gasteiger partial charge in [-0.05, 0) is 23.4 Å². The van der Waals surface area contributed by atoms with Crippen LogP contribution in [0, 0.1) is 4.91 Å². The van der Waals surface area contributed by atoms with Crippen molar-refractivity contribution in [3.63, 3.8) is 0 Å². The fourth-order valence-corrected chi connectivity index (χ4v) is 3.15. The molecule has 0 atom stereocenters. The zero-order chi connectivity index (χ0) is 14.8. The molecule has 1 aliphatic heterocycles. The van der Waals surface area contributed by atoms with Crippen LogP contribution in [0.3, 0.4) is 0 Å². The van der Waals surface area contributed by atoms with E-state index in [1.807, 2.05) is 4.90 Å². The highest BCUT2D eigenvalue weighted by Gasteiger charge is 2.24. The predicted octanol–water partition coefficient (Wildman–Crippen LogP) is 0.658. The van der Waals surface area contributed by atoms with Crippen LogP contribution in [-0.2, 0) is 16.6 Å². The number of anilines is 1. The zero-order valence-electron chi connectivity index (χ0n) is 11.2. The van der Waals surface area contributed by atoms with Crippen LogP contribution in [0.1, 0.15) is 5.56 Å².